The van der Waals surface area contributed by atoms with Gasteiger partial charge in [0, 0.05) is 30.1 Å². The molecule has 132 valence electrons. The molecule has 0 amide bonds. The van der Waals surface area contributed by atoms with Gasteiger partial charge in [0.1, 0.15) is 0 Å². The molecule has 2 aromatic rings. The van der Waals surface area contributed by atoms with Crippen LogP contribution in [0.4, 0.5) is 0 Å². The lowest BCUT2D eigenvalue weighted by Crippen LogP contribution is -2.09. The minimum Gasteiger partial charge on any atom is -0.348 e. The van der Waals surface area contributed by atoms with Crippen molar-refractivity contribution in [3.05, 3.63) is 102 Å². The molecule has 0 bridgehead atoms. The van der Waals surface area contributed by atoms with Crippen molar-refractivity contribution in [3.8, 4) is 0 Å². The third kappa shape index (κ3) is 4.64. The molecule has 0 fully saturated rings. The predicted molar refractivity (Wildman–Crippen MR) is 117 cm³/mol. The number of hydrogen-bond donors (Lipinski definition) is 0. The van der Waals surface area contributed by atoms with Crippen LogP contribution in [0.15, 0.2) is 79.5 Å². The first-order chi connectivity index (χ1) is 12.5. The zero-order chi connectivity index (χ0) is 19.1. The van der Waals surface area contributed by atoms with Crippen LogP contribution in [0.1, 0.15) is 22.5 Å². The fourth-order valence-electron chi connectivity index (χ4n) is 2.71. The average Bonchev–Trinajstić information content (AvgIpc) is 2.64. The van der Waals surface area contributed by atoms with Crippen LogP contribution in [0.3, 0.4) is 0 Å². The van der Waals surface area contributed by atoms with E-state index in [-0.39, 0.29) is 0 Å². The molecule has 1 heterocycles. The number of allylic oxidation sites excluding steroid dienone is 5. The minimum atomic E-state index is 0.841. The first-order valence-corrected chi connectivity index (χ1v) is 8.86. The summed E-state index contributed by atoms with van der Waals surface area (Å²) in [5.74, 6) is 0. The van der Waals surface area contributed by atoms with E-state index in [0.717, 1.165) is 33.7 Å². The molecular weight excluding hydrogens is 336 g/mol. The molecule has 26 heavy (non-hydrogen) atoms. The highest BCUT2D eigenvalue weighted by molar-refractivity contribution is 7.78. The summed E-state index contributed by atoms with van der Waals surface area (Å²) in [6.07, 6.45) is 5.79. The zero-order valence-electron chi connectivity index (χ0n) is 15.6. The topological polar surface area (TPSA) is 16.1 Å². The van der Waals surface area contributed by atoms with Gasteiger partial charge in [-0.2, -0.15) is 0 Å². The van der Waals surface area contributed by atoms with Crippen molar-refractivity contribution in [2.24, 2.45) is 0 Å². The molecule has 0 radical (unpaired) electrons. The molecule has 0 spiro atoms. The number of pyridine rings is 1. The molecule has 0 unspecified atom stereocenters. The number of aromatic nitrogens is 1. The molecule has 0 aliphatic carbocycles. The van der Waals surface area contributed by atoms with Gasteiger partial charge < -0.3 is 4.90 Å². The predicted octanol–water partition coefficient (Wildman–Crippen LogP) is 5.75. The highest BCUT2D eigenvalue weighted by Crippen LogP contribution is 2.34. The van der Waals surface area contributed by atoms with Gasteiger partial charge >= 0.3 is 0 Å². The normalized spacial score (nSPS) is 11.8. The molecule has 0 saturated heterocycles. The van der Waals surface area contributed by atoms with Gasteiger partial charge in [-0.25, -0.2) is 0 Å². The van der Waals surface area contributed by atoms with E-state index >= 15 is 0 Å². The highest BCUT2D eigenvalue weighted by Gasteiger charge is 2.16. The Hall–Kier alpha value is -2.78. The van der Waals surface area contributed by atoms with Gasteiger partial charge in [-0.05, 0) is 42.7 Å². The Morgan fingerprint density at radius 1 is 1.12 bits per heavy atom. The molecule has 3 heteroatoms. The quantitative estimate of drug-likeness (QED) is 0.462. The summed E-state index contributed by atoms with van der Waals surface area (Å²) in [5.41, 5.74) is 8.55. The SMILES string of the molecule is C=C/C=C(/C(=C/N(C)C=S)C(=C)c1cccc(C)n1)c1ccccc1C. The van der Waals surface area contributed by atoms with E-state index in [1.54, 1.807) is 11.6 Å². The summed E-state index contributed by atoms with van der Waals surface area (Å²) in [4.78, 5) is 6.49. The Balaban J connectivity index is 2.66. The summed E-state index contributed by atoms with van der Waals surface area (Å²) in [7, 11) is 1.91. The number of aryl methyl sites for hydroxylation is 2. The second kappa shape index (κ2) is 9.07. The smallest absolute Gasteiger partial charge is 0.0705 e. The second-order valence-electron chi connectivity index (χ2n) is 6.09. The Bertz CT molecular complexity index is 891. The summed E-state index contributed by atoms with van der Waals surface area (Å²) < 4.78 is 0. The molecule has 1 aromatic carbocycles. The number of benzene rings is 1. The van der Waals surface area contributed by atoms with E-state index in [1.165, 1.54) is 5.56 Å². The summed E-state index contributed by atoms with van der Waals surface area (Å²) >= 11 is 5.08. The Labute approximate surface area is 161 Å². The van der Waals surface area contributed by atoms with Crippen LogP contribution in [0.25, 0.3) is 11.1 Å². The van der Waals surface area contributed by atoms with E-state index in [4.69, 9.17) is 12.2 Å². The summed E-state index contributed by atoms with van der Waals surface area (Å²) in [6.45, 7) is 12.3. The van der Waals surface area contributed by atoms with Crippen molar-refractivity contribution in [2.75, 3.05) is 7.05 Å². The maximum Gasteiger partial charge on any atom is 0.0705 e. The lowest BCUT2D eigenvalue weighted by Gasteiger charge is -2.19. The Morgan fingerprint density at radius 2 is 1.85 bits per heavy atom. The average molecular weight is 361 g/mol. The lowest BCUT2D eigenvalue weighted by molar-refractivity contribution is 0.720. The van der Waals surface area contributed by atoms with E-state index in [1.807, 2.05) is 61.5 Å². The molecule has 0 aliphatic heterocycles. The van der Waals surface area contributed by atoms with Crippen LogP contribution in [0.2, 0.25) is 0 Å². The van der Waals surface area contributed by atoms with Crippen molar-refractivity contribution in [2.45, 2.75) is 13.8 Å². The standard InChI is InChI=1S/C23H24N2S/c1-6-10-21(20-13-8-7-11-17(20)2)22(15-25(5)16-26)19(4)23-14-9-12-18(3)24-23/h6-16H,1,4H2,2-3,5H3/b21-10+,22-15+. The summed E-state index contributed by atoms with van der Waals surface area (Å²) in [6, 6.07) is 14.2. The second-order valence-corrected chi connectivity index (χ2v) is 6.30. The van der Waals surface area contributed by atoms with Crippen molar-refractivity contribution in [1.82, 2.24) is 9.88 Å². The number of thiocarbonyl (C=S) groups is 1. The van der Waals surface area contributed by atoms with Crippen molar-refractivity contribution in [3.63, 3.8) is 0 Å². The first kappa shape index (κ1) is 19.5. The minimum absolute atomic E-state index is 0.841. The van der Waals surface area contributed by atoms with E-state index in [2.05, 4.69) is 37.2 Å². The monoisotopic (exact) mass is 360 g/mol. The molecule has 0 aliphatic rings. The van der Waals surface area contributed by atoms with E-state index in [9.17, 15) is 0 Å². The van der Waals surface area contributed by atoms with Crippen LogP contribution in [-0.4, -0.2) is 22.4 Å². The molecule has 1 aromatic heterocycles. The fraction of sp³-hybridized carbons (Fsp3) is 0.130. The van der Waals surface area contributed by atoms with Gasteiger partial charge in [-0.1, -0.05) is 67.9 Å². The molecule has 2 nitrogen and oxygen atoms in total. The summed E-state index contributed by atoms with van der Waals surface area (Å²) in [5, 5.41) is 0. The largest absolute Gasteiger partial charge is 0.348 e. The van der Waals surface area contributed by atoms with Crippen LogP contribution in [0, 0.1) is 13.8 Å². The molecular formula is C23H24N2S. The van der Waals surface area contributed by atoms with Gasteiger partial charge in [0.15, 0.2) is 0 Å². The molecule has 0 atom stereocenters. The number of hydrogen-bond acceptors (Lipinski definition) is 2. The molecule has 0 saturated carbocycles. The van der Waals surface area contributed by atoms with E-state index in [0.29, 0.717) is 0 Å². The fourth-order valence-corrected chi connectivity index (χ4v) is 2.77. The maximum atomic E-state index is 5.08. The number of rotatable bonds is 7. The maximum absolute atomic E-state index is 5.08. The van der Waals surface area contributed by atoms with Gasteiger partial charge in [0.05, 0.1) is 11.2 Å². The van der Waals surface area contributed by atoms with Gasteiger partial charge in [0.2, 0.25) is 0 Å². The number of nitrogens with zero attached hydrogens (tertiary/aromatic N) is 2. The van der Waals surface area contributed by atoms with E-state index < -0.39 is 0 Å². The first-order valence-electron chi connectivity index (χ1n) is 8.39. The van der Waals surface area contributed by atoms with Crippen LogP contribution >= 0.6 is 12.2 Å². The third-order valence-electron chi connectivity index (χ3n) is 4.03. The third-order valence-corrected chi connectivity index (χ3v) is 4.36. The Morgan fingerprint density at radius 3 is 2.46 bits per heavy atom. The zero-order valence-corrected chi connectivity index (χ0v) is 16.4. The van der Waals surface area contributed by atoms with Crippen LogP contribution in [-0.2, 0) is 0 Å². The van der Waals surface area contributed by atoms with Crippen molar-refractivity contribution >= 4 is 28.9 Å². The van der Waals surface area contributed by atoms with Gasteiger partial charge in [-0.15, -0.1) is 0 Å². The Kier molecular flexibility index (Phi) is 6.81. The van der Waals surface area contributed by atoms with Crippen LogP contribution in [0.5, 0.6) is 0 Å². The van der Waals surface area contributed by atoms with Crippen LogP contribution < -0.4 is 0 Å². The van der Waals surface area contributed by atoms with Gasteiger partial charge in [0.25, 0.3) is 0 Å². The lowest BCUT2D eigenvalue weighted by atomic mass is 9.89. The van der Waals surface area contributed by atoms with Crippen molar-refractivity contribution < 1.29 is 0 Å². The molecule has 2 rings (SSSR count). The van der Waals surface area contributed by atoms with Gasteiger partial charge in [-0.3, -0.25) is 4.98 Å². The highest BCUT2D eigenvalue weighted by atomic mass is 32.1. The van der Waals surface area contributed by atoms with Crippen molar-refractivity contribution in [1.29, 1.82) is 0 Å². The molecule has 0 N–H and O–H groups in total.